The Kier molecular flexibility index (Phi) is 4.11. The van der Waals surface area contributed by atoms with Gasteiger partial charge in [0.1, 0.15) is 5.75 Å². The third-order valence-electron chi connectivity index (χ3n) is 2.65. The molecule has 1 aromatic rings. The number of ether oxygens (including phenoxy) is 1. The number of carboxylic acids is 1. The van der Waals surface area contributed by atoms with Gasteiger partial charge in [-0.1, -0.05) is 0 Å². The summed E-state index contributed by atoms with van der Waals surface area (Å²) in [5.74, 6) is -1.62. The van der Waals surface area contributed by atoms with E-state index in [4.69, 9.17) is 14.9 Å². The smallest absolute Gasteiger partial charge is 0.333 e. The van der Waals surface area contributed by atoms with Gasteiger partial charge in [0.15, 0.2) is 12.7 Å². The molecule has 1 amide bonds. The number of hydrogen-bond acceptors (Lipinski definition) is 6. The van der Waals surface area contributed by atoms with Crippen LogP contribution in [0.4, 0.5) is 5.69 Å². The van der Waals surface area contributed by atoms with Crippen molar-refractivity contribution in [3.63, 3.8) is 0 Å². The zero-order chi connectivity index (χ0) is 15.6. The predicted molar refractivity (Wildman–Crippen MR) is 69.4 cm³/mol. The summed E-state index contributed by atoms with van der Waals surface area (Å²) in [6, 6.07) is 3.80. The molecule has 1 aromatic carbocycles. The van der Waals surface area contributed by atoms with Gasteiger partial charge in [0.2, 0.25) is 10.0 Å². The Hall–Kier alpha value is -2.17. The van der Waals surface area contributed by atoms with Gasteiger partial charge in [0, 0.05) is 6.54 Å². The van der Waals surface area contributed by atoms with E-state index in [0.717, 1.165) is 0 Å². The van der Waals surface area contributed by atoms with Crippen LogP contribution in [-0.2, 0) is 19.6 Å². The van der Waals surface area contributed by atoms with Gasteiger partial charge in [-0.15, -0.1) is 0 Å². The first-order valence-corrected chi connectivity index (χ1v) is 7.25. The van der Waals surface area contributed by atoms with Crippen LogP contribution in [0.3, 0.4) is 0 Å². The van der Waals surface area contributed by atoms with Crippen LogP contribution < -0.4 is 14.8 Å². The van der Waals surface area contributed by atoms with Crippen LogP contribution in [0.15, 0.2) is 23.1 Å². The van der Waals surface area contributed by atoms with Gasteiger partial charge in [-0.05, 0) is 18.2 Å². The Balaban J connectivity index is 2.19. The van der Waals surface area contributed by atoms with E-state index in [2.05, 4.69) is 5.32 Å². The molecule has 0 saturated carbocycles. The lowest BCUT2D eigenvalue weighted by atomic mass is 10.2. The lowest BCUT2D eigenvalue weighted by molar-refractivity contribution is -0.146. The summed E-state index contributed by atoms with van der Waals surface area (Å²) in [5.41, 5.74) is 0.202. The zero-order valence-corrected chi connectivity index (χ0v) is 11.4. The number of carboxylic acid groups (broad SMARTS) is 1. The molecule has 9 nitrogen and oxygen atoms in total. The Bertz CT molecular complexity index is 686. The number of carbonyl (C=O) groups is 2. The number of benzene rings is 1. The van der Waals surface area contributed by atoms with Gasteiger partial charge in [-0.3, -0.25) is 4.79 Å². The van der Waals surface area contributed by atoms with Crippen molar-refractivity contribution >= 4 is 27.6 Å². The standard InChI is InChI=1S/C11H12N2O7S/c14-8(11(16)17)4-12-21(18,19)6-1-2-9-7(3-6)13-10(15)5-20-9/h1-3,8,12,14H,4-5H2,(H,13,15)(H,16,17)/t8-/m0/s1. The van der Waals surface area contributed by atoms with E-state index < -0.39 is 34.5 Å². The van der Waals surface area contributed by atoms with Crippen LogP contribution in [-0.4, -0.2) is 49.8 Å². The monoisotopic (exact) mass is 316 g/mol. The van der Waals surface area contributed by atoms with E-state index >= 15 is 0 Å². The third-order valence-corrected chi connectivity index (χ3v) is 4.07. The van der Waals surface area contributed by atoms with Crippen molar-refractivity contribution < 1.29 is 33.0 Å². The minimum absolute atomic E-state index is 0.151. The molecule has 4 N–H and O–H groups in total. The molecule has 0 radical (unpaired) electrons. The maximum absolute atomic E-state index is 12.0. The van der Waals surface area contributed by atoms with Crippen molar-refractivity contribution in [2.75, 3.05) is 18.5 Å². The molecule has 21 heavy (non-hydrogen) atoms. The van der Waals surface area contributed by atoms with E-state index in [-0.39, 0.29) is 17.2 Å². The first-order chi connectivity index (χ1) is 9.79. The summed E-state index contributed by atoms with van der Waals surface area (Å²) in [6.07, 6.45) is -1.85. The highest BCUT2D eigenvalue weighted by Crippen LogP contribution is 2.29. The van der Waals surface area contributed by atoms with Crippen molar-refractivity contribution in [1.29, 1.82) is 0 Å². The summed E-state index contributed by atoms with van der Waals surface area (Å²) in [7, 11) is -4.02. The molecule has 114 valence electrons. The van der Waals surface area contributed by atoms with Crippen LogP contribution >= 0.6 is 0 Å². The Morgan fingerprint density at radius 2 is 2.19 bits per heavy atom. The van der Waals surface area contributed by atoms with Crippen LogP contribution in [0.2, 0.25) is 0 Å². The maximum Gasteiger partial charge on any atom is 0.333 e. The number of aliphatic hydroxyl groups is 1. The van der Waals surface area contributed by atoms with Crippen molar-refractivity contribution in [3.05, 3.63) is 18.2 Å². The molecule has 10 heteroatoms. The summed E-state index contributed by atoms with van der Waals surface area (Å²) in [4.78, 5) is 21.4. The second-order valence-corrected chi connectivity index (χ2v) is 5.97. The number of aliphatic hydroxyl groups excluding tert-OH is 1. The Labute approximate surface area is 119 Å². The largest absolute Gasteiger partial charge is 0.482 e. The third kappa shape index (κ3) is 3.48. The molecule has 0 spiro atoms. The van der Waals surface area contributed by atoms with Crippen molar-refractivity contribution in [2.45, 2.75) is 11.0 Å². The number of hydrogen-bond donors (Lipinski definition) is 4. The van der Waals surface area contributed by atoms with Gasteiger partial charge in [-0.2, -0.15) is 0 Å². The first-order valence-electron chi connectivity index (χ1n) is 5.77. The number of anilines is 1. The van der Waals surface area contributed by atoms with E-state index in [9.17, 15) is 18.0 Å². The van der Waals surface area contributed by atoms with Gasteiger partial charge in [0.05, 0.1) is 10.6 Å². The van der Waals surface area contributed by atoms with E-state index in [1.807, 2.05) is 4.72 Å². The molecule has 1 heterocycles. The maximum atomic E-state index is 12.0. The van der Waals surface area contributed by atoms with Crippen molar-refractivity contribution in [1.82, 2.24) is 4.72 Å². The lowest BCUT2D eigenvalue weighted by Gasteiger charge is -2.18. The number of aliphatic carboxylic acids is 1. The molecule has 1 aliphatic heterocycles. The van der Waals surface area contributed by atoms with E-state index in [0.29, 0.717) is 5.75 Å². The Morgan fingerprint density at radius 1 is 1.48 bits per heavy atom. The van der Waals surface area contributed by atoms with Crippen LogP contribution in [0, 0.1) is 0 Å². The van der Waals surface area contributed by atoms with E-state index in [1.54, 1.807) is 0 Å². The lowest BCUT2D eigenvalue weighted by Crippen LogP contribution is -2.36. The first kappa shape index (κ1) is 15.2. The van der Waals surface area contributed by atoms with Gasteiger partial charge in [0.25, 0.3) is 5.91 Å². The molecule has 0 aromatic heterocycles. The second-order valence-electron chi connectivity index (χ2n) is 4.20. The molecule has 0 fully saturated rings. The molecule has 0 saturated heterocycles. The molecular formula is C11H12N2O7S. The summed E-state index contributed by atoms with van der Waals surface area (Å²) in [5, 5.41) is 20.0. The quantitative estimate of drug-likeness (QED) is 0.531. The van der Waals surface area contributed by atoms with Crippen molar-refractivity contribution in [2.24, 2.45) is 0 Å². The van der Waals surface area contributed by atoms with Crippen LogP contribution in [0.5, 0.6) is 5.75 Å². The molecule has 0 aliphatic carbocycles. The summed E-state index contributed by atoms with van der Waals surface area (Å²) in [6.45, 7) is -0.820. The number of nitrogens with one attached hydrogen (secondary N) is 2. The highest BCUT2D eigenvalue weighted by atomic mass is 32.2. The number of carbonyl (C=O) groups excluding carboxylic acids is 1. The zero-order valence-electron chi connectivity index (χ0n) is 10.6. The van der Waals surface area contributed by atoms with Crippen LogP contribution in [0.25, 0.3) is 0 Å². The fourth-order valence-electron chi connectivity index (χ4n) is 1.59. The number of fused-ring (bicyclic) bond motifs is 1. The average molecular weight is 316 g/mol. The molecule has 0 bridgehead atoms. The van der Waals surface area contributed by atoms with E-state index in [1.165, 1.54) is 18.2 Å². The average Bonchev–Trinajstić information content (AvgIpc) is 2.43. The number of amides is 1. The van der Waals surface area contributed by atoms with Gasteiger partial charge in [-0.25, -0.2) is 17.9 Å². The molecule has 0 unspecified atom stereocenters. The number of sulfonamides is 1. The fourth-order valence-corrected chi connectivity index (χ4v) is 2.65. The van der Waals surface area contributed by atoms with Gasteiger partial charge >= 0.3 is 5.97 Å². The summed E-state index contributed by atoms with van der Waals surface area (Å²) < 4.78 is 31.0. The topological polar surface area (TPSA) is 142 Å². The highest BCUT2D eigenvalue weighted by Gasteiger charge is 2.22. The van der Waals surface area contributed by atoms with Gasteiger partial charge < -0.3 is 20.3 Å². The fraction of sp³-hybridized carbons (Fsp3) is 0.273. The predicted octanol–water partition coefficient (Wildman–Crippen LogP) is -1.26. The second kappa shape index (κ2) is 5.68. The SMILES string of the molecule is O=C1COc2ccc(S(=O)(=O)NC[C@H](O)C(=O)O)cc2N1. The van der Waals surface area contributed by atoms with Crippen LogP contribution in [0.1, 0.15) is 0 Å². The molecule has 1 aliphatic rings. The minimum Gasteiger partial charge on any atom is -0.482 e. The summed E-state index contributed by atoms with van der Waals surface area (Å²) >= 11 is 0. The molecule has 1 atom stereocenters. The normalized spacial score (nSPS) is 15.6. The minimum atomic E-state index is -4.02. The Morgan fingerprint density at radius 3 is 2.86 bits per heavy atom. The highest BCUT2D eigenvalue weighted by molar-refractivity contribution is 7.89. The molecular weight excluding hydrogens is 304 g/mol. The molecule has 2 rings (SSSR count). The number of rotatable bonds is 5. The van der Waals surface area contributed by atoms with Crippen molar-refractivity contribution in [3.8, 4) is 5.75 Å².